The lowest BCUT2D eigenvalue weighted by Gasteiger charge is -2.19. The first kappa shape index (κ1) is 13.0. The largest absolute Gasteiger partial charge is 0.507 e. The fourth-order valence-corrected chi connectivity index (χ4v) is 1.36. The first-order valence-corrected chi connectivity index (χ1v) is 4.81. The molecule has 0 aliphatic heterocycles. The summed E-state index contributed by atoms with van der Waals surface area (Å²) in [5, 5.41) is 26.9. The fourth-order valence-electron chi connectivity index (χ4n) is 1.36. The number of rotatable bonds is 4. The van der Waals surface area contributed by atoms with Gasteiger partial charge in [0.1, 0.15) is 16.9 Å². The molecular weight excluding hydrogens is 226 g/mol. The first-order valence-electron chi connectivity index (χ1n) is 4.81. The molecule has 0 heterocycles. The highest BCUT2D eigenvalue weighted by atomic mass is 16.4. The van der Waals surface area contributed by atoms with E-state index in [0.29, 0.717) is 5.56 Å². The Labute approximate surface area is 97.3 Å². The monoisotopic (exact) mass is 239 g/mol. The summed E-state index contributed by atoms with van der Waals surface area (Å²) in [5.74, 6) is -2.82. The van der Waals surface area contributed by atoms with Crippen LogP contribution in [-0.2, 0) is 11.2 Å². The number of benzene rings is 1. The van der Waals surface area contributed by atoms with Gasteiger partial charge in [-0.25, -0.2) is 4.79 Å². The molecule has 17 heavy (non-hydrogen) atoms. The summed E-state index contributed by atoms with van der Waals surface area (Å²) in [5.41, 5.74) is 4.23. The zero-order chi connectivity index (χ0) is 13.2. The van der Waals surface area contributed by atoms with Crippen LogP contribution in [0.1, 0.15) is 22.8 Å². The van der Waals surface area contributed by atoms with Crippen LogP contribution in [0.25, 0.3) is 0 Å². The van der Waals surface area contributed by atoms with Gasteiger partial charge in [0.05, 0.1) is 0 Å². The Morgan fingerprint density at radius 1 is 1.35 bits per heavy atom. The number of carboxylic acid groups (broad SMARTS) is 2. The molecule has 0 saturated carbocycles. The molecule has 0 bridgehead atoms. The second-order valence-electron chi connectivity index (χ2n) is 4.06. The molecule has 0 amide bonds. The van der Waals surface area contributed by atoms with Gasteiger partial charge in [0.15, 0.2) is 0 Å². The number of aliphatic carboxylic acids is 1. The molecule has 0 fully saturated rings. The number of hydrogen-bond donors (Lipinski definition) is 4. The predicted octanol–water partition coefficient (Wildman–Crippen LogP) is 0.435. The number of hydrogen-bond acceptors (Lipinski definition) is 4. The maximum atomic E-state index is 10.8. The summed E-state index contributed by atoms with van der Waals surface area (Å²) in [6.45, 7) is 1.34. The number of carboxylic acids is 2. The number of phenols is 1. The number of carbonyl (C=O) groups is 2. The molecule has 6 nitrogen and oxygen atoms in total. The first-order chi connectivity index (χ1) is 7.74. The van der Waals surface area contributed by atoms with Gasteiger partial charge >= 0.3 is 11.9 Å². The molecule has 0 aromatic heterocycles. The molecule has 0 radical (unpaired) electrons. The van der Waals surface area contributed by atoms with Crippen molar-refractivity contribution in [3.8, 4) is 5.75 Å². The maximum absolute atomic E-state index is 10.8. The zero-order valence-electron chi connectivity index (χ0n) is 9.17. The van der Waals surface area contributed by atoms with E-state index >= 15 is 0 Å². The SMILES string of the molecule is C[C@@](N)(Cc1ccc(O)c(C(=O)O)c1)C(=O)O. The van der Waals surface area contributed by atoms with Crippen LogP contribution in [0.5, 0.6) is 5.75 Å². The van der Waals surface area contributed by atoms with Crippen LogP contribution >= 0.6 is 0 Å². The van der Waals surface area contributed by atoms with Crippen LogP contribution in [-0.4, -0.2) is 32.8 Å². The van der Waals surface area contributed by atoms with Crippen LogP contribution in [0, 0.1) is 0 Å². The quantitative estimate of drug-likeness (QED) is 0.604. The second-order valence-corrected chi connectivity index (χ2v) is 4.06. The maximum Gasteiger partial charge on any atom is 0.339 e. The number of aromatic hydroxyl groups is 1. The van der Waals surface area contributed by atoms with E-state index in [0.717, 1.165) is 0 Å². The summed E-state index contributed by atoms with van der Waals surface area (Å²) < 4.78 is 0. The average Bonchev–Trinajstić information content (AvgIpc) is 2.20. The second kappa shape index (κ2) is 4.42. The minimum atomic E-state index is -1.48. The Hall–Kier alpha value is -2.08. The van der Waals surface area contributed by atoms with E-state index in [9.17, 15) is 14.7 Å². The Bertz CT molecular complexity index is 467. The molecule has 5 N–H and O–H groups in total. The summed E-state index contributed by atoms with van der Waals surface area (Å²) in [4.78, 5) is 21.6. The highest BCUT2D eigenvalue weighted by Gasteiger charge is 2.28. The van der Waals surface area contributed by atoms with Crippen molar-refractivity contribution in [3.05, 3.63) is 29.3 Å². The Balaban J connectivity index is 3.05. The molecule has 0 unspecified atom stereocenters. The van der Waals surface area contributed by atoms with E-state index in [-0.39, 0.29) is 17.7 Å². The summed E-state index contributed by atoms with van der Waals surface area (Å²) in [6.07, 6.45) is -0.0249. The standard InChI is InChI=1S/C11H13NO5/c1-11(12,10(16)17)5-6-2-3-8(13)7(4-6)9(14)15/h2-4,13H,5,12H2,1H3,(H,14,15)(H,16,17)/t11-/m1/s1. The van der Waals surface area contributed by atoms with Crippen LogP contribution in [0.15, 0.2) is 18.2 Å². The topological polar surface area (TPSA) is 121 Å². The molecule has 0 spiro atoms. The van der Waals surface area contributed by atoms with Gasteiger partial charge in [-0.2, -0.15) is 0 Å². The number of nitrogens with two attached hydrogens (primary N) is 1. The van der Waals surface area contributed by atoms with Gasteiger partial charge in [0, 0.05) is 6.42 Å². The zero-order valence-corrected chi connectivity index (χ0v) is 9.17. The van der Waals surface area contributed by atoms with Crippen molar-refractivity contribution in [2.45, 2.75) is 18.9 Å². The minimum Gasteiger partial charge on any atom is -0.507 e. The van der Waals surface area contributed by atoms with E-state index in [1.165, 1.54) is 25.1 Å². The Morgan fingerprint density at radius 2 is 1.94 bits per heavy atom. The lowest BCUT2D eigenvalue weighted by atomic mass is 9.93. The lowest BCUT2D eigenvalue weighted by molar-refractivity contribution is -0.142. The van der Waals surface area contributed by atoms with Crippen LogP contribution in [0.4, 0.5) is 0 Å². The average molecular weight is 239 g/mol. The van der Waals surface area contributed by atoms with E-state index < -0.39 is 17.5 Å². The smallest absolute Gasteiger partial charge is 0.339 e. The molecular formula is C11H13NO5. The molecule has 6 heteroatoms. The summed E-state index contributed by atoms with van der Waals surface area (Å²) >= 11 is 0. The van der Waals surface area contributed by atoms with Crippen molar-refractivity contribution in [1.29, 1.82) is 0 Å². The van der Waals surface area contributed by atoms with Crippen molar-refractivity contribution in [2.75, 3.05) is 0 Å². The Morgan fingerprint density at radius 3 is 2.41 bits per heavy atom. The minimum absolute atomic E-state index is 0.0249. The molecule has 0 aliphatic carbocycles. The summed E-state index contributed by atoms with van der Waals surface area (Å²) in [7, 11) is 0. The Kier molecular flexibility index (Phi) is 3.38. The fraction of sp³-hybridized carbons (Fsp3) is 0.273. The molecule has 1 rings (SSSR count). The number of aromatic carboxylic acids is 1. The van der Waals surface area contributed by atoms with Gasteiger partial charge in [0.25, 0.3) is 0 Å². The van der Waals surface area contributed by atoms with Crippen LogP contribution in [0.2, 0.25) is 0 Å². The third-order valence-electron chi connectivity index (χ3n) is 2.35. The lowest BCUT2D eigenvalue weighted by Crippen LogP contribution is -2.46. The van der Waals surface area contributed by atoms with Crippen molar-refractivity contribution in [1.82, 2.24) is 0 Å². The van der Waals surface area contributed by atoms with Gasteiger partial charge in [-0.1, -0.05) is 6.07 Å². The van der Waals surface area contributed by atoms with Gasteiger partial charge in [0.2, 0.25) is 0 Å². The van der Waals surface area contributed by atoms with Gasteiger partial charge < -0.3 is 21.1 Å². The molecule has 92 valence electrons. The van der Waals surface area contributed by atoms with Gasteiger partial charge in [-0.05, 0) is 24.6 Å². The highest BCUT2D eigenvalue weighted by molar-refractivity contribution is 5.91. The van der Waals surface area contributed by atoms with Crippen LogP contribution < -0.4 is 5.73 Å². The molecule has 1 aromatic carbocycles. The molecule has 1 aromatic rings. The predicted molar refractivity (Wildman–Crippen MR) is 59.0 cm³/mol. The normalized spacial score (nSPS) is 14.0. The molecule has 0 saturated heterocycles. The molecule has 0 aliphatic rings. The van der Waals surface area contributed by atoms with Gasteiger partial charge in [-0.3, -0.25) is 4.79 Å². The third kappa shape index (κ3) is 2.94. The highest BCUT2D eigenvalue weighted by Crippen LogP contribution is 2.21. The van der Waals surface area contributed by atoms with E-state index in [1.54, 1.807) is 0 Å². The van der Waals surface area contributed by atoms with Crippen molar-refractivity contribution in [3.63, 3.8) is 0 Å². The van der Waals surface area contributed by atoms with Crippen molar-refractivity contribution < 1.29 is 24.9 Å². The van der Waals surface area contributed by atoms with Gasteiger partial charge in [-0.15, -0.1) is 0 Å². The van der Waals surface area contributed by atoms with E-state index in [2.05, 4.69) is 0 Å². The molecule has 1 atom stereocenters. The van der Waals surface area contributed by atoms with E-state index in [1.807, 2.05) is 0 Å². The summed E-state index contributed by atoms with van der Waals surface area (Å²) in [6, 6.07) is 3.86. The third-order valence-corrected chi connectivity index (χ3v) is 2.35. The van der Waals surface area contributed by atoms with Crippen molar-refractivity contribution in [2.24, 2.45) is 5.73 Å². The van der Waals surface area contributed by atoms with Crippen molar-refractivity contribution >= 4 is 11.9 Å². The van der Waals surface area contributed by atoms with E-state index in [4.69, 9.17) is 15.9 Å². The van der Waals surface area contributed by atoms with Crippen LogP contribution in [0.3, 0.4) is 0 Å².